The maximum absolute atomic E-state index is 12.4. The van der Waals surface area contributed by atoms with Crippen molar-refractivity contribution in [2.75, 3.05) is 13.1 Å². The molecule has 3 atom stereocenters. The van der Waals surface area contributed by atoms with Crippen molar-refractivity contribution in [2.45, 2.75) is 70.4 Å². The van der Waals surface area contributed by atoms with Gasteiger partial charge in [0.15, 0.2) is 0 Å². The number of nitrogens with zero attached hydrogens (tertiary/aromatic N) is 1. The van der Waals surface area contributed by atoms with Crippen LogP contribution in [-0.2, 0) is 10.2 Å². The number of rotatable bonds is 4. The van der Waals surface area contributed by atoms with E-state index in [4.69, 9.17) is 0 Å². The second kappa shape index (κ2) is 6.30. The molecule has 3 unspecified atom stereocenters. The van der Waals surface area contributed by atoms with E-state index in [2.05, 4.69) is 11.6 Å². The Morgan fingerprint density at radius 3 is 2.65 bits per heavy atom. The Bertz CT molecular complexity index is 426. The van der Waals surface area contributed by atoms with Gasteiger partial charge in [0.1, 0.15) is 0 Å². The zero-order valence-corrected chi connectivity index (χ0v) is 13.5. The molecule has 2 N–H and O–H groups in total. The second-order valence-electron chi connectivity index (χ2n) is 6.71. The average molecular weight is 304 g/mol. The van der Waals surface area contributed by atoms with Crippen LogP contribution in [0.2, 0.25) is 0 Å². The second-order valence-corrected chi connectivity index (χ2v) is 8.42. The van der Waals surface area contributed by atoms with Gasteiger partial charge in [0.05, 0.1) is 5.60 Å². The minimum atomic E-state index is -3.46. The molecule has 1 saturated carbocycles. The van der Waals surface area contributed by atoms with Crippen LogP contribution >= 0.6 is 0 Å². The van der Waals surface area contributed by atoms with E-state index in [9.17, 15) is 13.5 Å². The van der Waals surface area contributed by atoms with Crippen LogP contribution < -0.4 is 4.72 Å². The predicted octanol–water partition coefficient (Wildman–Crippen LogP) is 1.64. The van der Waals surface area contributed by atoms with Gasteiger partial charge >= 0.3 is 0 Å². The maximum atomic E-state index is 12.4. The maximum Gasteiger partial charge on any atom is 0.279 e. The summed E-state index contributed by atoms with van der Waals surface area (Å²) in [4.78, 5) is 0. The van der Waals surface area contributed by atoms with E-state index >= 15 is 0 Å². The van der Waals surface area contributed by atoms with Gasteiger partial charge in [0.25, 0.3) is 10.2 Å². The van der Waals surface area contributed by atoms with Crippen molar-refractivity contribution in [2.24, 2.45) is 5.92 Å². The van der Waals surface area contributed by atoms with Crippen molar-refractivity contribution in [1.82, 2.24) is 9.03 Å². The first-order valence-electron chi connectivity index (χ1n) is 7.81. The highest BCUT2D eigenvalue weighted by Crippen LogP contribution is 2.32. The summed E-state index contributed by atoms with van der Waals surface area (Å²) in [5.74, 6) is 0.465. The molecule has 1 heterocycles. The number of piperidine rings is 1. The van der Waals surface area contributed by atoms with E-state index in [-0.39, 0.29) is 12.6 Å². The molecule has 118 valence electrons. The highest BCUT2D eigenvalue weighted by molar-refractivity contribution is 7.87. The summed E-state index contributed by atoms with van der Waals surface area (Å²) in [6, 6.07) is 0.0566. The first kappa shape index (κ1) is 16.2. The molecule has 6 heteroatoms. The molecule has 0 bridgehead atoms. The van der Waals surface area contributed by atoms with Crippen LogP contribution in [0.5, 0.6) is 0 Å². The number of nitrogens with one attached hydrogen (secondary N) is 1. The first-order chi connectivity index (χ1) is 9.32. The Hall–Kier alpha value is -0.170. The monoisotopic (exact) mass is 304 g/mol. The molecule has 0 aromatic carbocycles. The van der Waals surface area contributed by atoms with Gasteiger partial charge in [-0.05, 0) is 38.5 Å². The number of aliphatic hydroxyl groups is 1. The van der Waals surface area contributed by atoms with Crippen LogP contribution in [0.15, 0.2) is 0 Å². The van der Waals surface area contributed by atoms with E-state index in [1.54, 1.807) is 4.31 Å². The van der Waals surface area contributed by atoms with Crippen LogP contribution in [0.4, 0.5) is 0 Å². The van der Waals surface area contributed by atoms with Gasteiger partial charge in [-0.2, -0.15) is 17.4 Å². The van der Waals surface area contributed by atoms with Crippen molar-refractivity contribution in [3.05, 3.63) is 0 Å². The van der Waals surface area contributed by atoms with Crippen molar-refractivity contribution in [1.29, 1.82) is 0 Å². The summed E-state index contributed by atoms with van der Waals surface area (Å²) >= 11 is 0. The van der Waals surface area contributed by atoms with Crippen LogP contribution in [0.3, 0.4) is 0 Å². The molecule has 1 saturated heterocycles. The van der Waals surface area contributed by atoms with Gasteiger partial charge in [0, 0.05) is 19.1 Å². The Morgan fingerprint density at radius 1 is 1.25 bits per heavy atom. The van der Waals surface area contributed by atoms with Gasteiger partial charge in [-0.25, -0.2) is 0 Å². The van der Waals surface area contributed by atoms with Gasteiger partial charge in [-0.3, -0.25) is 0 Å². The molecular weight excluding hydrogens is 276 g/mol. The van der Waals surface area contributed by atoms with Crippen LogP contribution in [0.25, 0.3) is 0 Å². The Balaban J connectivity index is 1.94. The molecule has 0 spiro atoms. The number of hydrogen-bond donors (Lipinski definition) is 2. The lowest BCUT2D eigenvalue weighted by Crippen LogP contribution is -2.52. The van der Waals surface area contributed by atoms with Gasteiger partial charge in [0.2, 0.25) is 0 Å². The summed E-state index contributed by atoms with van der Waals surface area (Å²) in [6.07, 6.45) is 6.40. The molecule has 0 aromatic rings. The van der Waals surface area contributed by atoms with Crippen LogP contribution in [-0.4, -0.2) is 42.6 Å². The van der Waals surface area contributed by atoms with Crippen molar-refractivity contribution >= 4 is 10.2 Å². The Morgan fingerprint density at radius 2 is 2.00 bits per heavy atom. The summed E-state index contributed by atoms with van der Waals surface area (Å²) in [5, 5.41) is 10.5. The SMILES string of the molecule is CC1CCCC(O)(CNS(=O)(=O)N2CCCCC2C)C1. The van der Waals surface area contributed by atoms with E-state index in [0.29, 0.717) is 25.3 Å². The molecule has 0 amide bonds. The average Bonchev–Trinajstić information content (AvgIpc) is 2.37. The highest BCUT2D eigenvalue weighted by Gasteiger charge is 2.36. The van der Waals surface area contributed by atoms with Gasteiger partial charge < -0.3 is 5.11 Å². The highest BCUT2D eigenvalue weighted by atomic mass is 32.2. The van der Waals surface area contributed by atoms with Gasteiger partial charge in [-0.1, -0.05) is 26.2 Å². The van der Waals surface area contributed by atoms with Gasteiger partial charge in [-0.15, -0.1) is 0 Å². The summed E-state index contributed by atoms with van der Waals surface area (Å²) in [5.41, 5.74) is -0.871. The lowest BCUT2D eigenvalue weighted by Gasteiger charge is -2.37. The smallest absolute Gasteiger partial charge is 0.279 e. The third kappa shape index (κ3) is 3.93. The third-order valence-electron chi connectivity index (χ3n) is 4.70. The molecule has 0 radical (unpaired) electrons. The molecule has 2 aliphatic rings. The van der Waals surface area contributed by atoms with E-state index in [1.807, 2.05) is 6.92 Å². The molecular formula is C14H28N2O3S. The molecule has 2 fully saturated rings. The predicted molar refractivity (Wildman–Crippen MR) is 79.5 cm³/mol. The third-order valence-corrected chi connectivity index (χ3v) is 6.37. The normalized spacial score (nSPS) is 37.0. The summed E-state index contributed by atoms with van der Waals surface area (Å²) in [6.45, 7) is 4.80. The minimum Gasteiger partial charge on any atom is -0.389 e. The fraction of sp³-hybridized carbons (Fsp3) is 1.00. The largest absolute Gasteiger partial charge is 0.389 e. The van der Waals surface area contributed by atoms with E-state index < -0.39 is 15.8 Å². The molecule has 1 aliphatic carbocycles. The summed E-state index contributed by atoms with van der Waals surface area (Å²) < 4.78 is 28.9. The van der Waals surface area contributed by atoms with Crippen molar-refractivity contribution in [3.63, 3.8) is 0 Å². The van der Waals surface area contributed by atoms with E-state index in [0.717, 1.165) is 32.1 Å². The quantitative estimate of drug-likeness (QED) is 0.829. The molecule has 0 aromatic heterocycles. The minimum absolute atomic E-state index is 0.0566. The molecule has 20 heavy (non-hydrogen) atoms. The van der Waals surface area contributed by atoms with Crippen LogP contribution in [0.1, 0.15) is 58.8 Å². The first-order valence-corrected chi connectivity index (χ1v) is 9.25. The topological polar surface area (TPSA) is 69.6 Å². The number of hydrogen-bond acceptors (Lipinski definition) is 3. The molecule has 5 nitrogen and oxygen atoms in total. The standard InChI is InChI=1S/C14H28N2O3S/c1-12-6-5-8-14(17,10-12)11-15-20(18,19)16-9-4-3-7-13(16)2/h12-13,15,17H,3-11H2,1-2H3. The van der Waals surface area contributed by atoms with Crippen molar-refractivity contribution in [3.8, 4) is 0 Å². The van der Waals surface area contributed by atoms with Crippen molar-refractivity contribution < 1.29 is 13.5 Å². The Kier molecular flexibility index (Phi) is 5.10. The summed E-state index contributed by atoms with van der Waals surface area (Å²) in [7, 11) is -3.46. The van der Waals surface area contributed by atoms with E-state index in [1.165, 1.54) is 0 Å². The Labute approximate surface area is 122 Å². The van der Waals surface area contributed by atoms with Crippen LogP contribution in [0, 0.1) is 5.92 Å². The fourth-order valence-electron chi connectivity index (χ4n) is 3.53. The molecule has 1 aliphatic heterocycles. The fourth-order valence-corrected chi connectivity index (χ4v) is 5.10. The zero-order chi connectivity index (χ0) is 14.8. The lowest BCUT2D eigenvalue weighted by atomic mass is 9.79. The zero-order valence-electron chi connectivity index (χ0n) is 12.6. The lowest BCUT2D eigenvalue weighted by molar-refractivity contribution is -0.00790. The molecule has 2 rings (SSSR count).